The predicted molar refractivity (Wildman–Crippen MR) is 74.8 cm³/mol. The second-order valence-corrected chi connectivity index (χ2v) is 4.73. The predicted octanol–water partition coefficient (Wildman–Crippen LogP) is 2.14. The van der Waals surface area contributed by atoms with E-state index in [0.717, 1.165) is 5.69 Å². The van der Waals surface area contributed by atoms with Crippen molar-refractivity contribution in [3.8, 4) is 6.07 Å². The van der Waals surface area contributed by atoms with Crippen molar-refractivity contribution in [2.45, 2.75) is 20.3 Å². The van der Waals surface area contributed by atoms with Crippen molar-refractivity contribution in [2.75, 3.05) is 25.5 Å². The zero-order valence-corrected chi connectivity index (χ0v) is 11.7. The molecule has 1 N–H and O–H groups in total. The summed E-state index contributed by atoms with van der Waals surface area (Å²) in [6.45, 7) is 5.17. The fourth-order valence-electron chi connectivity index (χ4n) is 1.77. The van der Waals surface area contributed by atoms with Crippen molar-refractivity contribution in [2.24, 2.45) is 5.92 Å². The van der Waals surface area contributed by atoms with Crippen LogP contribution in [0.1, 0.15) is 30.8 Å². The van der Waals surface area contributed by atoms with E-state index in [1.54, 1.807) is 30.3 Å². The maximum Gasteiger partial charge on any atom is 0.272 e. The highest BCUT2D eigenvalue weighted by Crippen LogP contribution is 2.11. The van der Waals surface area contributed by atoms with E-state index in [4.69, 9.17) is 5.26 Å². The van der Waals surface area contributed by atoms with Crippen molar-refractivity contribution < 1.29 is 4.79 Å². The lowest BCUT2D eigenvalue weighted by molar-refractivity contribution is 0.0734. The van der Waals surface area contributed by atoms with Crippen LogP contribution in [-0.2, 0) is 0 Å². The van der Waals surface area contributed by atoms with Crippen LogP contribution >= 0.6 is 0 Å². The van der Waals surface area contributed by atoms with E-state index >= 15 is 0 Å². The molecule has 1 rings (SSSR count). The number of hydrogen-bond donors (Lipinski definition) is 1. The van der Waals surface area contributed by atoms with Gasteiger partial charge in [-0.25, -0.2) is 0 Å². The largest absolute Gasteiger partial charge is 0.388 e. The Balaban J connectivity index is 2.87. The molecule has 0 saturated carbocycles. The van der Waals surface area contributed by atoms with E-state index in [2.05, 4.69) is 16.4 Å². The van der Waals surface area contributed by atoms with Gasteiger partial charge in [0.15, 0.2) is 0 Å². The summed E-state index contributed by atoms with van der Waals surface area (Å²) in [5.41, 5.74) is 1.26. The molecule has 0 spiro atoms. The van der Waals surface area contributed by atoms with Crippen LogP contribution in [0.2, 0.25) is 0 Å². The van der Waals surface area contributed by atoms with Crippen molar-refractivity contribution in [1.29, 1.82) is 5.26 Å². The van der Waals surface area contributed by atoms with E-state index in [0.29, 0.717) is 31.1 Å². The Bertz CT molecular complexity index is 465. The fraction of sp³-hybridized carbons (Fsp3) is 0.500. The molecule has 0 aromatic carbocycles. The SMILES string of the molecule is CNc1ccnc(C(=O)N(CCC#N)CC(C)C)c1. The van der Waals surface area contributed by atoms with E-state index in [-0.39, 0.29) is 5.91 Å². The van der Waals surface area contributed by atoms with E-state index < -0.39 is 0 Å². The molecule has 0 unspecified atom stereocenters. The number of rotatable bonds is 6. The highest BCUT2D eigenvalue weighted by Gasteiger charge is 2.18. The first-order valence-corrected chi connectivity index (χ1v) is 6.38. The van der Waals surface area contributed by atoms with Gasteiger partial charge in [-0.15, -0.1) is 0 Å². The highest BCUT2D eigenvalue weighted by atomic mass is 16.2. The van der Waals surface area contributed by atoms with Gasteiger partial charge in [-0.3, -0.25) is 9.78 Å². The second-order valence-electron chi connectivity index (χ2n) is 4.73. The third-order valence-corrected chi connectivity index (χ3v) is 2.63. The number of nitriles is 1. The number of carbonyl (C=O) groups excluding carboxylic acids is 1. The summed E-state index contributed by atoms with van der Waals surface area (Å²) >= 11 is 0. The number of amides is 1. The molecule has 5 heteroatoms. The van der Waals surface area contributed by atoms with E-state index in [9.17, 15) is 4.79 Å². The summed E-state index contributed by atoms with van der Waals surface area (Å²) in [6, 6.07) is 5.60. The first kappa shape index (κ1) is 15.0. The number of hydrogen-bond acceptors (Lipinski definition) is 4. The van der Waals surface area contributed by atoms with Gasteiger partial charge < -0.3 is 10.2 Å². The maximum absolute atomic E-state index is 12.4. The van der Waals surface area contributed by atoms with Crippen LogP contribution in [0.25, 0.3) is 0 Å². The van der Waals surface area contributed by atoms with Crippen LogP contribution in [-0.4, -0.2) is 35.9 Å². The van der Waals surface area contributed by atoms with Crippen LogP contribution in [0.3, 0.4) is 0 Å². The molecule has 0 bridgehead atoms. The Labute approximate surface area is 114 Å². The van der Waals surface area contributed by atoms with Gasteiger partial charge in [0.05, 0.1) is 12.5 Å². The standard InChI is InChI=1S/C14H20N4O/c1-11(2)10-18(8-4-6-15)14(19)13-9-12(16-3)5-7-17-13/h5,7,9,11H,4,8,10H2,1-3H3,(H,16,17). The maximum atomic E-state index is 12.4. The Kier molecular flexibility index (Phi) is 5.80. The Morgan fingerprint density at radius 2 is 2.32 bits per heavy atom. The molecule has 1 aromatic rings. The normalized spacial score (nSPS) is 10.1. The summed E-state index contributed by atoms with van der Waals surface area (Å²) in [5, 5.41) is 11.7. The molecule has 0 aliphatic heterocycles. The molecule has 0 radical (unpaired) electrons. The van der Waals surface area contributed by atoms with Gasteiger partial charge >= 0.3 is 0 Å². The van der Waals surface area contributed by atoms with Crippen LogP contribution in [0.15, 0.2) is 18.3 Å². The molecule has 0 fully saturated rings. The minimum atomic E-state index is -0.124. The highest BCUT2D eigenvalue weighted by molar-refractivity contribution is 5.93. The van der Waals surface area contributed by atoms with Gasteiger partial charge in [0.25, 0.3) is 5.91 Å². The number of nitrogens with zero attached hydrogens (tertiary/aromatic N) is 3. The van der Waals surface area contributed by atoms with Crippen molar-refractivity contribution in [3.05, 3.63) is 24.0 Å². The first-order valence-electron chi connectivity index (χ1n) is 6.38. The lowest BCUT2D eigenvalue weighted by Crippen LogP contribution is -2.35. The molecular weight excluding hydrogens is 240 g/mol. The zero-order chi connectivity index (χ0) is 14.3. The quantitative estimate of drug-likeness (QED) is 0.850. The molecule has 1 heterocycles. The average molecular weight is 260 g/mol. The lowest BCUT2D eigenvalue weighted by Gasteiger charge is -2.23. The molecule has 0 saturated heterocycles. The third-order valence-electron chi connectivity index (χ3n) is 2.63. The molecule has 102 valence electrons. The summed E-state index contributed by atoms with van der Waals surface area (Å²) < 4.78 is 0. The van der Waals surface area contributed by atoms with Crippen molar-refractivity contribution in [1.82, 2.24) is 9.88 Å². The Hall–Kier alpha value is -2.09. The summed E-state index contributed by atoms with van der Waals surface area (Å²) in [4.78, 5) is 18.2. The Morgan fingerprint density at radius 1 is 1.58 bits per heavy atom. The number of anilines is 1. The third kappa shape index (κ3) is 4.59. The number of nitrogens with one attached hydrogen (secondary N) is 1. The molecular formula is C14H20N4O. The van der Waals surface area contributed by atoms with E-state index in [1.165, 1.54) is 0 Å². The topological polar surface area (TPSA) is 69.0 Å². The van der Waals surface area contributed by atoms with Gasteiger partial charge in [0.2, 0.25) is 0 Å². The minimum Gasteiger partial charge on any atom is -0.388 e. The van der Waals surface area contributed by atoms with Crippen molar-refractivity contribution in [3.63, 3.8) is 0 Å². The summed E-state index contributed by atoms with van der Waals surface area (Å²) in [6.07, 6.45) is 1.95. The average Bonchev–Trinajstić information content (AvgIpc) is 2.42. The molecule has 0 aliphatic rings. The zero-order valence-electron chi connectivity index (χ0n) is 11.7. The molecule has 0 aliphatic carbocycles. The van der Waals surface area contributed by atoms with Gasteiger partial charge in [0.1, 0.15) is 5.69 Å². The van der Waals surface area contributed by atoms with Gasteiger partial charge in [-0.2, -0.15) is 5.26 Å². The molecule has 5 nitrogen and oxygen atoms in total. The van der Waals surface area contributed by atoms with Crippen LogP contribution in [0.5, 0.6) is 0 Å². The van der Waals surface area contributed by atoms with Crippen LogP contribution in [0.4, 0.5) is 5.69 Å². The van der Waals surface area contributed by atoms with Crippen LogP contribution in [0, 0.1) is 17.2 Å². The minimum absolute atomic E-state index is 0.124. The molecule has 1 aromatic heterocycles. The number of pyridine rings is 1. The number of aromatic nitrogens is 1. The van der Waals surface area contributed by atoms with Gasteiger partial charge in [-0.1, -0.05) is 13.8 Å². The monoisotopic (exact) mass is 260 g/mol. The van der Waals surface area contributed by atoms with Gasteiger partial charge in [-0.05, 0) is 18.1 Å². The molecule has 0 atom stereocenters. The summed E-state index contributed by atoms with van der Waals surface area (Å²) in [5.74, 6) is 0.233. The fourth-order valence-corrected chi connectivity index (χ4v) is 1.77. The summed E-state index contributed by atoms with van der Waals surface area (Å²) in [7, 11) is 1.80. The Morgan fingerprint density at radius 3 is 2.89 bits per heavy atom. The lowest BCUT2D eigenvalue weighted by atomic mass is 10.2. The molecule has 19 heavy (non-hydrogen) atoms. The second kappa shape index (κ2) is 7.37. The van der Waals surface area contributed by atoms with Crippen molar-refractivity contribution >= 4 is 11.6 Å². The number of carbonyl (C=O) groups is 1. The smallest absolute Gasteiger partial charge is 0.272 e. The van der Waals surface area contributed by atoms with E-state index in [1.807, 2.05) is 13.8 Å². The van der Waals surface area contributed by atoms with Crippen LogP contribution < -0.4 is 5.32 Å². The first-order chi connectivity index (χ1) is 9.08. The van der Waals surface area contributed by atoms with Gasteiger partial charge in [0, 0.05) is 32.0 Å². The molecule has 1 amide bonds.